The Morgan fingerprint density at radius 1 is 1.03 bits per heavy atom. The van der Waals surface area contributed by atoms with Crippen molar-refractivity contribution >= 4 is 26.7 Å². The molecule has 1 fully saturated rings. The van der Waals surface area contributed by atoms with E-state index < -0.39 is 27.8 Å². The second-order valence-electron chi connectivity index (χ2n) is 7.21. The van der Waals surface area contributed by atoms with Gasteiger partial charge in [-0.15, -0.1) is 0 Å². The fraction of sp³-hybridized carbons (Fsp3) is 0.300. The van der Waals surface area contributed by atoms with Gasteiger partial charge >= 0.3 is 0 Å². The average Bonchev–Trinajstić information content (AvgIpc) is 3.24. The van der Waals surface area contributed by atoms with Gasteiger partial charge in [0.2, 0.25) is 15.2 Å². The maximum Gasteiger partial charge on any atom is 0.243 e. The highest BCUT2D eigenvalue weighted by molar-refractivity contribution is 7.89. The lowest BCUT2D eigenvalue weighted by Gasteiger charge is -2.38. The Labute approximate surface area is 182 Å². The van der Waals surface area contributed by atoms with Crippen LogP contribution in [-0.4, -0.2) is 47.8 Å². The van der Waals surface area contributed by atoms with E-state index in [1.165, 1.54) is 40.7 Å². The van der Waals surface area contributed by atoms with Crippen molar-refractivity contribution in [3.63, 3.8) is 0 Å². The van der Waals surface area contributed by atoms with Crippen LogP contribution in [0, 0.1) is 11.6 Å². The number of sulfonamides is 1. The molecule has 2 aromatic carbocycles. The number of aromatic nitrogens is 2. The van der Waals surface area contributed by atoms with Crippen LogP contribution in [0.3, 0.4) is 0 Å². The SMILES string of the molecule is CC1CN(c2nc(C(F)c3ccc(F)cc3)ns2)CCN1S(=O)(=O)c1ccc(F)cc1. The lowest BCUT2D eigenvalue weighted by atomic mass is 10.1. The van der Waals surface area contributed by atoms with E-state index in [1.807, 2.05) is 4.90 Å². The first-order chi connectivity index (χ1) is 14.8. The number of alkyl halides is 1. The third kappa shape index (κ3) is 4.43. The molecular weight excluding hydrogens is 449 g/mol. The van der Waals surface area contributed by atoms with Crippen molar-refractivity contribution in [3.05, 3.63) is 71.6 Å². The first-order valence-corrected chi connectivity index (χ1v) is 11.7. The highest BCUT2D eigenvalue weighted by Gasteiger charge is 2.35. The standard InChI is InChI=1S/C20H19F3N4O2S2/c1-13-12-26(10-11-27(13)31(28,29)17-8-6-16(22)7-9-17)20-24-19(25-30-20)18(23)14-2-4-15(21)5-3-14/h2-9,13,18H,10-12H2,1H3. The van der Waals surface area contributed by atoms with Gasteiger partial charge in [0.1, 0.15) is 11.6 Å². The number of rotatable bonds is 5. The second kappa shape index (κ2) is 8.56. The number of halogens is 3. The van der Waals surface area contributed by atoms with Crippen LogP contribution in [-0.2, 0) is 10.0 Å². The Morgan fingerprint density at radius 2 is 1.65 bits per heavy atom. The van der Waals surface area contributed by atoms with Gasteiger partial charge in [-0.05, 0) is 48.9 Å². The molecule has 0 bridgehead atoms. The predicted molar refractivity (Wildman–Crippen MR) is 111 cm³/mol. The Hall–Kier alpha value is -2.50. The molecule has 0 saturated carbocycles. The summed E-state index contributed by atoms with van der Waals surface area (Å²) in [5.74, 6) is -0.971. The molecule has 4 rings (SSSR count). The molecule has 0 aliphatic carbocycles. The Kier molecular flexibility index (Phi) is 6.00. The molecule has 3 aromatic rings. The third-order valence-electron chi connectivity index (χ3n) is 5.08. The summed E-state index contributed by atoms with van der Waals surface area (Å²) in [5, 5.41) is 0.491. The number of piperazine rings is 1. The molecule has 0 amide bonds. The maximum atomic E-state index is 14.7. The minimum atomic E-state index is -3.76. The van der Waals surface area contributed by atoms with E-state index in [2.05, 4.69) is 9.36 Å². The van der Waals surface area contributed by atoms with Gasteiger partial charge in [0.25, 0.3) is 0 Å². The van der Waals surface area contributed by atoms with Crippen molar-refractivity contribution in [2.45, 2.75) is 24.0 Å². The largest absolute Gasteiger partial charge is 0.344 e. The molecule has 164 valence electrons. The van der Waals surface area contributed by atoms with E-state index in [4.69, 9.17) is 0 Å². The number of anilines is 1. The molecule has 0 N–H and O–H groups in total. The van der Waals surface area contributed by atoms with Crippen molar-refractivity contribution in [1.82, 2.24) is 13.7 Å². The molecule has 31 heavy (non-hydrogen) atoms. The van der Waals surface area contributed by atoms with Crippen LogP contribution in [0.4, 0.5) is 18.3 Å². The van der Waals surface area contributed by atoms with Gasteiger partial charge in [-0.1, -0.05) is 12.1 Å². The Bertz CT molecular complexity index is 1150. The van der Waals surface area contributed by atoms with Crippen LogP contribution in [0.2, 0.25) is 0 Å². The van der Waals surface area contributed by atoms with E-state index in [0.717, 1.165) is 23.7 Å². The van der Waals surface area contributed by atoms with Gasteiger partial charge in [-0.2, -0.15) is 13.7 Å². The molecular formula is C20H19F3N4O2S2. The minimum Gasteiger partial charge on any atom is -0.344 e. The highest BCUT2D eigenvalue weighted by Crippen LogP contribution is 2.30. The zero-order valence-electron chi connectivity index (χ0n) is 16.5. The molecule has 1 aliphatic heterocycles. The van der Waals surface area contributed by atoms with Crippen LogP contribution < -0.4 is 4.90 Å². The molecule has 2 atom stereocenters. The van der Waals surface area contributed by atoms with Crippen LogP contribution in [0.25, 0.3) is 0 Å². The normalized spacial score (nSPS) is 18.8. The quantitative estimate of drug-likeness (QED) is 0.570. The van der Waals surface area contributed by atoms with Gasteiger partial charge in [0.15, 0.2) is 12.0 Å². The van der Waals surface area contributed by atoms with Crippen molar-refractivity contribution < 1.29 is 21.6 Å². The average molecular weight is 469 g/mol. The highest BCUT2D eigenvalue weighted by atomic mass is 32.2. The fourth-order valence-corrected chi connectivity index (χ4v) is 5.79. The van der Waals surface area contributed by atoms with Crippen LogP contribution >= 0.6 is 11.5 Å². The zero-order valence-corrected chi connectivity index (χ0v) is 18.1. The summed E-state index contributed by atoms with van der Waals surface area (Å²) in [7, 11) is -3.76. The summed E-state index contributed by atoms with van der Waals surface area (Å²) < 4.78 is 72.2. The number of benzene rings is 2. The van der Waals surface area contributed by atoms with Gasteiger partial charge in [0.05, 0.1) is 4.90 Å². The van der Waals surface area contributed by atoms with Gasteiger partial charge in [0, 0.05) is 37.2 Å². The van der Waals surface area contributed by atoms with E-state index in [-0.39, 0.29) is 28.9 Å². The van der Waals surface area contributed by atoms with E-state index in [1.54, 1.807) is 6.92 Å². The summed E-state index contributed by atoms with van der Waals surface area (Å²) in [6, 6.07) is 9.40. The molecule has 1 saturated heterocycles. The van der Waals surface area contributed by atoms with Crippen molar-refractivity contribution in [2.75, 3.05) is 24.5 Å². The number of hydrogen-bond acceptors (Lipinski definition) is 6. The topological polar surface area (TPSA) is 66.4 Å². The Balaban J connectivity index is 1.47. The predicted octanol–water partition coefficient (Wildman–Crippen LogP) is 3.77. The smallest absolute Gasteiger partial charge is 0.243 e. The molecule has 11 heteroatoms. The maximum absolute atomic E-state index is 14.7. The first kappa shape index (κ1) is 21.7. The molecule has 2 unspecified atom stereocenters. The number of nitrogens with zero attached hydrogens (tertiary/aromatic N) is 4. The first-order valence-electron chi connectivity index (χ1n) is 9.51. The van der Waals surface area contributed by atoms with Crippen LogP contribution in [0.5, 0.6) is 0 Å². The fourth-order valence-electron chi connectivity index (χ4n) is 3.45. The van der Waals surface area contributed by atoms with Crippen molar-refractivity contribution in [1.29, 1.82) is 0 Å². The molecule has 0 radical (unpaired) electrons. The monoisotopic (exact) mass is 468 g/mol. The molecule has 0 spiro atoms. The van der Waals surface area contributed by atoms with Crippen molar-refractivity contribution in [3.8, 4) is 0 Å². The van der Waals surface area contributed by atoms with Crippen molar-refractivity contribution in [2.24, 2.45) is 0 Å². The van der Waals surface area contributed by atoms with Gasteiger partial charge < -0.3 is 4.90 Å². The number of hydrogen-bond donors (Lipinski definition) is 0. The van der Waals surface area contributed by atoms with Crippen LogP contribution in [0.1, 0.15) is 24.5 Å². The van der Waals surface area contributed by atoms with Gasteiger partial charge in [-0.3, -0.25) is 0 Å². The van der Waals surface area contributed by atoms with E-state index >= 15 is 0 Å². The lowest BCUT2D eigenvalue weighted by molar-refractivity contribution is 0.306. The molecule has 1 aliphatic rings. The van der Waals surface area contributed by atoms with Gasteiger partial charge in [-0.25, -0.2) is 21.6 Å². The summed E-state index contributed by atoms with van der Waals surface area (Å²) in [6.45, 7) is 2.67. The molecule has 2 heterocycles. The lowest BCUT2D eigenvalue weighted by Crippen LogP contribution is -2.54. The summed E-state index contributed by atoms with van der Waals surface area (Å²) in [4.78, 5) is 6.17. The van der Waals surface area contributed by atoms with Crippen LogP contribution in [0.15, 0.2) is 53.4 Å². The van der Waals surface area contributed by atoms with E-state index in [0.29, 0.717) is 18.2 Å². The Morgan fingerprint density at radius 3 is 2.26 bits per heavy atom. The third-order valence-corrected chi connectivity index (χ3v) is 7.90. The zero-order chi connectivity index (χ0) is 22.2. The molecule has 1 aromatic heterocycles. The second-order valence-corrected chi connectivity index (χ2v) is 9.83. The summed E-state index contributed by atoms with van der Waals surface area (Å²) in [5.41, 5.74) is 0.259. The minimum absolute atomic E-state index is 0.0133. The molecule has 6 nitrogen and oxygen atoms in total. The van der Waals surface area contributed by atoms with E-state index in [9.17, 15) is 21.6 Å². The summed E-state index contributed by atoms with van der Waals surface area (Å²) >= 11 is 1.03. The summed E-state index contributed by atoms with van der Waals surface area (Å²) in [6.07, 6.45) is -1.58.